The molecule has 0 radical (unpaired) electrons. The molecule has 21 rings (SSSR count). The van der Waals surface area contributed by atoms with Crippen LogP contribution in [0.2, 0.25) is 0 Å². The van der Waals surface area contributed by atoms with Crippen LogP contribution in [-0.4, -0.2) is 20.4 Å². The van der Waals surface area contributed by atoms with Crippen molar-refractivity contribution in [1.82, 2.24) is 13.7 Å². The Balaban J connectivity index is 0.994. The van der Waals surface area contributed by atoms with Crippen LogP contribution in [0.15, 0.2) is 314 Å². The highest BCUT2D eigenvalue weighted by Gasteiger charge is 2.46. The Hall–Kier alpha value is -12.8. The van der Waals surface area contributed by atoms with Gasteiger partial charge in [-0.1, -0.05) is 286 Å². The SMILES string of the molecule is [2H]c1c([2H])c([2H])c2c(c1[2H])c1c([2H])c([2H])c([2H])c([2H])c1n2-c1ccc2c(c1)N(c1c(-c3ccccc3)cc(C(C)(C)C)cc1-c1ccccc1)c1cc(-n3c4ccc(C(C)(C)C)cc4c4cc(C(C)(C)C)ccc43)cc3c1B2c1ccc(-n2c4ccc(C(C)(C)C)cc4c4cc(C(C)(C)C)ccc42)cc1N3c1cc(-c2ccccc2)cc2oc3ccccc3c12. The summed E-state index contributed by atoms with van der Waals surface area (Å²) in [6.07, 6.45) is 0. The number of rotatable bonds is 8. The van der Waals surface area contributed by atoms with E-state index in [-0.39, 0.29) is 61.0 Å². The van der Waals surface area contributed by atoms with E-state index in [9.17, 15) is 11.0 Å². The molecule has 2 aliphatic heterocycles. The van der Waals surface area contributed by atoms with Gasteiger partial charge in [0.1, 0.15) is 11.2 Å². The third kappa shape index (κ3) is 11.4. The zero-order valence-corrected chi connectivity index (χ0v) is 69.0. The molecular formula is C110H96BN5O. The predicted octanol–water partition coefficient (Wildman–Crippen LogP) is 28.4. The molecular weight excluding hydrogens is 1420 g/mol. The van der Waals surface area contributed by atoms with Crippen LogP contribution >= 0.6 is 0 Å². The molecule has 570 valence electrons. The lowest BCUT2D eigenvalue weighted by atomic mass is 9.33. The van der Waals surface area contributed by atoms with Gasteiger partial charge in [-0.05, 0) is 221 Å². The average Bonchev–Trinajstić information content (AvgIpc) is 1.57. The maximum absolute atomic E-state index is 10.0. The van der Waals surface area contributed by atoms with Crippen molar-refractivity contribution in [1.29, 1.82) is 0 Å². The molecule has 0 saturated heterocycles. The van der Waals surface area contributed by atoms with Crippen molar-refractivity contribution < 1.29 is 15.4 Å². The minimum atomic E-state index is -0.589. The highest BCUT2D eigenvalue weighted by atomic mass is 16.3. The molecule has 19 aromatic rings. The number of para-hydroxylation sites is 3. The van der Waals surface area contributed by atoms with Crippen molar-refractivity contribution in [2.75, 3.05) is 9.80 Å². The lowest BCUT2D eigenvalue weighted by Gasteiger charge is -2.45. The van der Waals surface area contributed by atoms with Crippen molar-refractivity contribution in [3.05, 3.63) is 337 Å². The monoisotopic (exact) mass is 1520 g/mol. The van der Waals surface area contributed by atoms with Crippen LogP contribution in [-0.2, 0) is 27.1 Å². The number of nitrogens with zero attached hydrogens (tertiary/aromatic N) is 5. The number of hydrogen-bond acceptors (Lipinski definition) is 3. The smallest absolute Gasteiger partial charge is 0.252 e. The molecule has 2 aliphatic rings. The Kier molecular flexibility index (Phi) is 14.0. The standard InChI is InChI=1S/C110H96BN5O/c1-106(2,3)71-43-51-92-84(57-71)85-58-72(107(4,5)6)44-52-93(85)113(92)76-47-49-88-96(63-76)115(98-55-70(67-31-19-16-20-32-67)56-102-103(98)81-39-27-30-42-101(81)117-102)99-65-78(114-94-53-45-73(108(7,8)9)59-86(94)87-60-74(109(10,11)12)46-54-95(87)114)66-100-104(99)111(88)89-50-48-77(112-90-40-28-25-37-79(90)80-38-26-29-41-91(80)112)64-97(89)116(100)105-82(68-33-21-17-22-34-68)61-75(110(13,14)15)62-83(105)69-35-23-18-24-36-69/h16-66H,1-15H3/i25D,26D,28D,29D,37D,38D,40D,41D. The van der Waals surface area contributed by atoms with E-state index in [1.54, 1.807) is 4.57 Å². The van der Waals surface area contributed by atoms with Gasteiger partial charge >= 0.3 is 0 Å². The second-order valence-electron chi connectivity index (χ2n) is 37.6. The molecule has 0 bridgehead atoms. The Morgan fingerprint density at radius 2 is 0.658 bits per heavy atom. The number of hydrogen-bond donors (Lipinski definition) is 0. The van der Waals surface area contributed by atoms with Crippen LogP contribution < -0.4 is 26.2 Å². The van der Waals surface area contributed by atoms with Crippen LogP contribution in [0.4, 0.5) is 34.1 Å². The molecule has 0 saturated carbocycles. The van der Waals surface area contributed by atoms with Crippen LogP contribution in [0.1, 0.15) is 143 Å². The maximum atomic E-state index is 10.0. The normalized spacial score (nSPS) is 14.3. The first-order chi connectivity index (χ1) is 59.5. The lowest BCUT2D eigenvalue weighted by Crippen LogP contribution is -2.61. The molecule has 117 heavy (non-hydrogen) atoms. The molecule has 15 aromatic carbocycles. The number of aromatic nitrogens is 3. The highest BCUT2D eigenvalue weighted by Crippen LogP contribution is 2.56. The molecule has 0 atom stereocenters. The maximum Gasteiger partial charge on any atom is 0.252 e. The molecule has 6 nitrogen and oxygen atoms in total. The van der Waals surface area contributed by atoms with Gasteiger partial charge in [-0.3, -0.25) is 0 Å². The van der Waals surface area contributed by atoms with Gasteiger partial charge in [0.15, 0.2) is 0 Å². The van der Waals surface area contributed by atoms with E-state index < -0.39 is 43.0 Å². The summed E-state index contributed by atoms with van der Waals surface area (Å²) in [5, 5.41) is 6.46. The van der Waals surface area contributed by atoms with Gasteiger partial charge in [0.05, 0.1) is 66.5 Å². The van der Waals surface area contributed by atoms with Crippen molar-refractivity contribution >= 4 is 145 Å². The fraction of sp³-hybridized carbons (Fsp3) is 0.182. The summed E-state index contributed by atoms with van der Waals surface area (Å²) in [6, 6.07) is 92.6. The van der Waals surface area contributed by atoms with E-state index in [1.165, 1.54) is 22.3 Å². The second kappa shape index (κ2) is 25.8. The van der Waals surface area contributed by atoms with E-state index in [2.05, 4.69) is 372 Å². The summed E-state index contributed by atoms with van der Waals surface area (Å²) in [6.45, 7) is 33.7. The number of anilines is 6. The Morgan fingerprint density at radius 3 is 1.11 bits per heavy atom. The summed E-state index contributed by atoms with van der Waals surface area (Å²) in [4.78, 5) is 5.04. The highest BCUT2D eigenvalue weighted by molar-refractivity contribution is 7.00. The van der Waals surface area contributed by atoms with Crippen molar-refractivity contribution in [2.24, 2.45) is 0 Å². The van der Waals surface area contributed by atoms with E-state index in [0.717, 1.165) is 166 Å². The third-order valence-corrected chi connectivity index (χ3v) is 25.0. The van der Waals surface area contributed by atoms with E-state index in [0.29, 0.717) is 5.69 Å². The van der Waals surface area contributed by atoms with Gasteiger partial charge in [-0.15, -0.1) is 0 Å². The van der Waals surface area contributed by atoms with Crippen LogP contribution in [0.3, 0.4) is 0 Å². The van der Waals surface area contributed by atoms with Gasteiger partial charge in [-0.25, -0.2) is 0 Å². The predicted molar refractivity (Wildman–Crippen MR) is 501 cm³/mol. The number of furan rings is 1. The molecule has 0 unspecified atom stereocenters. The molecule has 0 spiro atoms. The molecule has 0 amide bonds. The first-order valence-corrected chi connectivity index (χ1v) is 41.1. The quantitative estimate of drug-likeness (QED) is 0.142. The lowest BCUT2D eigenvalue weighted by molar-refractivity contribution is 0.590. The number of fused-ring (bicyclic) bond motifs is 16. The minimum Gasteiger partial charge on any atom is -0.456 e. The van der Waals surface area contributed by atoms with Crippen molar-refractivity contribution in [2.45, 2.75) is 131 Å². The van der Waals surface area contributed by atoms with E-state index in [4.69, 9.17) is 4.42 Å². The van der Waals surface area contributed by atoms with Crippen LogP contribution in [0.5, 0.6) is 0 Å². The van der Waals surface area contributed by atoms with Gasteiger partial charge in [0.25, 0.3) is 6.71 Å². The molecule has 0 fully saturated rings. The Bertz CT molecular complexity index is 7580. The Labute approximate surface area is 697 Å². The minimum absolute atomic E-state index is 0.00130. The molecule has 0 N–H and O–H groups in total. The number of benzene rings is 15. The molecule has 7 heteroatoms. The largest absolute Gasteiger partial charge is 0.456 e. The van der Waals surface area contributed by atoms with Crippen LogP contribution in [0.25, 0.3) is 138 Å². The fourth-order valence-electron chi connectivity index (χ4n) is 18.8. The topological polar surface area (TPSA) is 34.4 Å². The zero-order valence-electron chi connectivity index (χ0n) is 77.0. The second-order valence-corrected chi connectivity index (χ2v) is 37.6. The third-order valence-electron chi connectivity index (χ3n) is 25.0. The Morgan fingerprint density at radius 1 is 0.274 bits per heavy atom. The summed E-state index contributed by atoms with van der Waals surface area (Å²) in [7, 11) is 0. The van der Waals surface area contributed by atoms with Gasteiger partial charge in [0, 0.05) is 83.0 Å². The first kappa shape index (κ1) is 63.5. The summed E-state index contributed by atoms with van der Waals surface area (Å²) in [5.74, 6) is 0. The van der Waals surface area contributed by atoms with Gasteiger partial charge < -0.3 is 27.9 Å². The van der Waals surface area contributed by atoms with Gasteiger partial charge in [-0.2, -0.15) is 0 Å². The molecule has 4 aromatic heterocycles. The summed E-state index contributed by atoms with van der Waals surface area (Å²) < 4.78 is 90.9. The zero-order chi connectivity index (χ0) is 87.2. The first-order valence-electron chi connectivity index (χ1n) is 45.1. The van der Waals surface area contributed by atoms with Crippen molar-refractivity contribution in [3.63, 3.8) is 0 Å². The summed E-state index contributed by atoms with van der Waals surface area (Å²) >= 11 is 0. The van der Waals surface area contributed by atoms with Gasteiger partial charge in [0.2, 0.25) is 0 Å². The van der Waals surface area contributed by atoms with Crippen molar-refractivity contribution in [3.8, 4) is 50.4 Å². The van der Waals surface area contributed by atoms with E-state index >= 15 is 0 Å². The average molecular weight is 1520 g/mol. The molecule has 0 aliphatic carbocycles. The fourth-order valence-corrected chi connectivity index (χ4v) is 18.8. The summed E-state index contributed by atoms with van der Waals surface area (Å²) in [5.41, 5.74) is 26.8. The molecule has 6 heterocycles. The van der Waals surface area contributed by atoms with Crippen LogP contribution in [0, 0.1) is 0 Å². The van der Waals surface area contributed by atoms with E-state index in [1.807, 2.05) is 12.1 Å².